The molecular formula is C21H20FNO6. The summed E-state index contributed by atoms with van der Waals surface area (Å²) < 4.78 is 23.6. The minimum atomic E-state index is -2.63. The number of hydrogen-bond acceptors (Lipinski definition) is 6. The standard InChI is InChI=1S/C21H20FNO6/c1-28-20(26)21(27,12-11-16-9-5-6-10-17(16)22)18(23-14-24)19(25)29-13-15-7-3-2-4-8-15/h2-12,14,18,27H,13H2,1H3,(H,23,24)/b12-11+/t18-,21+/m0/s1. The average Bonchev–Trinajstić information content (AvgIpc) is 2.75. The number of ether oxygens (including phenoxy) is 2. The number of rotatable bonds is 9. The zero-order valence-electron chi connectivity index (χ0n) is 15.6. The second-order valence-electron chi connectivity index (χ2n) is 5.98. The highest BCUT2D eigenvalue weighted by molar-refractivity contribution is 5.93. The Balaban J connectivity index is 2.31. The Hall–Kier alpha value is -3.52. The van der Waals surface area contributed by atoms with Crippen LogP contribution in [0.1, 0.15) is 11.1 Å². The van der Waals surface area contributed by atoms with Crippen LogP contribution in [-0.4, -0.2) is 42.2 Å². The highest BCUT2D eigenvalue weighted by Crippen LogP contribution is 2.20. The number of esters is 2. The molecule has 2 N–H and O–H groups in total. The van der Waals surface area contributed by atoms with Crippen LogP contribution in [0.3, 0.4) is 0 Å². The minimum absolute atomic E-state index is 0.0531. The fraction of sp³-hybridized carbons (Fsp3) is 0.190. The summed E-state index contributed by atoms with van der Waals surface area (Å²) in [6.45, 7) is -0.148. The lowest BCUT2D eigenvalue weighted by molar-refractivity contribution is -0.169. The molecule has 2 aromatic rings. The van der Waals surface area contributed by atoms with Crippen LogP contribution in [0.5, 0.6) is 0 Å². The van der Waals surface area contributed by atoms with Gasteiger partial charge in [-0.3, -0.25) is 4.79 Å². The molecule has 0 saturated carbocycles. The summed E-state index contributed by atoms with van der Waals surface area (Å²) in [6, 6.07) is 12.5. The number of hydrogen-bond donors (Lipinski definition) is 2. The zero-order chi connectivity index (χ0) is 21.3. The summed E-state index contributed by atoms with van der Waals surface area (Å²) in [5.74, 6) is -2.92. The molecule has 0 bridgehead atoms. The summed E-state index contributed by atoms with van der Waals surface area (Å²) in [7, 11) is 0.998. The van der Waals surface area contributed by atoms with Crippen LogP contribution in [-0.2, 0) is 30.5 Å². The summed E-state index contributed by atoms with van der Waals surface area (Å²) in [6.07, 6.45) is 2.12. The van der Waals surface area contributed by atoms with Crippen LogP contribution in [0, 0.1) is 5.82 Å². The third kappa shape index (κ3) is 5.49. The van der Waals surface area contributed by atoms with Gasteiger partial charge in [0.05, 0.1) is 7.11 Å². The van der Waals surface area contributed by atoms with E-state index in [2.05, 4.69) is 10.1 Å². The number of benzene rings is 2. The van der Waals surface area contributed by atoms with Crippen molar-refractivity contribution in [2.45, 2.75) is 18.2 Å². The van der Waals surface area contributed by atoms with E-state index in [4.69, 9.17) is 4.74 Å². The number of aliphatic hydroxyl groups is 1. The molecule has 29 heavy (non-hydrogen) atoms. The smallest absolute Gasteiger partial charge is 0.344 e. The molecule has 7 nitrogen and oxygen atoms in total. The normalized spacial score (nSPS) is 13.9. The summed E-state index contributed by atoms with van der Waals surface area (Å²) >= 11 is 0. The molecule has 0 radical (unpaired) electrons. The van der Waals surface area contributed by atoms with Crippen molar-refractivity contribution in [2.75, 3.05) is 7.11 Å². The van der Waals surface area contributed by atoms with Gasteiger partial charge in [0.2, 0.25) is 12.0 Å². The van der Waals surface area contributed by atoms with Crippen molar-refractivity contribution in [1.82, 2.24) is 5.32 Å². The molecule has 0 unspecified atom stereocenters. The quantitative estimate of drug-likeness (QED) is 0.489. The van der Waals surface area contributed by atoms with E-state index in [1.165, 1.54) is 18.2 Å². The topological polar surface area (TPSA) is 102 Å². The summed E-state index contributed by atoms with van der Waals surface area (Å²) in [5.41, 5.74) is -1.92. The van der Waals surface area contributed by atoms with E-state index in [1.54, 1.807) is 36.4 Å². The van der Waals surface area contributed by atoms with Crippen LogP contribution < -0.4 is 5.32 Å². The largest absolute Gasteiger partial charge is 0.467 e. The first-order valence-corrected chi connectivity index (χ1v) is 8.57. The van der Waals surface area contributed by atoms with Crippen LogP contribution >= 0.6 is 0 Å². The van der Waals surface area contributed by atoms with Gasteiger partial charge in [-0.25, -0.2) is 14.0 Å². The molecule has 0 aliphatic heterocycles. The Morgan fingerprint density at radius 2 is 1.83 bits per heavy atom. The molecule has 2 atom stereocenters. The zero-order valence-corrected chi connectivity index (χ0v) is 15.6. The first-order chi connectivity index (χ1) is 13.9. The molecule has 2 aromatic carbocycles. The van der Waals surface area contributed by atoms with E-state index in [1.807, 2.05) is 0 Å². The maximum Gasteiger partial charge on any atom is 0.344 e. The van der Waals surface area contributed by atoms with Crippen LogP contribution in [0.4, 0.5) is 4.39 Å². The number of halogens is 1. The van der Waals surface area contributed by atoms with Gasteiger partial charge in [0.25, 0.3) is 0 Å². The van der Waals surface area contributed by atoms with Gasteiger partial charge >= 0.3 is 11.9 Å². The van der Waals surface area contributed by atoms with Gasteiger partial charge in [0, 0.05) is 5.56 Å². The van der Waals surface area contributed by atoms with Crippen molar-refractivity contribution in [3.63, 3.8) is 0 Å². The maximum atomic E-state index is 13.9. The Kier molecular flexibility index (Phi) is 7.62. The summed E-state index contributed by atoms with van der Waals surface area (Å²) in [4.78, 5) is 35.8. The van der Waals surface area contributed by atoms with E-state index < -0.39 is 29.4 Å². The molecule has 0 fully saturated rings. The van der Waals surface area contributed by atoms with E-state index >= 15 is 0 Å². The van der Waals surface area contributed by atoms with Crippen molar-refractivity contribution in [1.29, 1.82) is 0 Å². The van der Waals surface area contributed by atoms with Crippen LogP contribution in [0.15, 0.2) is 60.7 Å². The molecule has 0 aliphatic carbocycles. The Labute approximate surface area is 166 Å². The van der Waals surface area contributed by atoms with Gasteiger partial charge in [-0.1, -0.05) is 54.6 Å². The third-order valence-corrected chi connectivity index (χ3v) is 4.07. The average molecular weight is 401 g/mol. The second kappa shape index (κ2) is 10.1. The van der Waals surface area contributed by atoms with Gasteiger partial charge in [-0.2, -0.15) is 0 Å². The monoisotopic (exact) mass is 401 g/mol. The molecule has 0 aliphatic rings. The molecule has 0 heterocycles. The Morgan fingerprint density at radius 1 is 1.17 bits per heavy atom. The first kappa shape index (κ1) is 21.8. The Bertz CT molecular complexity index is 886. The van der Waals surface area contributed by atoms with E-state index in [0.717, 1.165) is 19.3 Å². The fourth-order valence-corrected chi connectivity index (χ4v) is 2.53. The lowest BCUT2D eigenvalue weighted by Gasteiger charge is -2.29. The van der Waals surface area contributed by atoms with Gasteiger partial charge < -0.3 is 19.9 Å². The van der Waals surface area contributed by atoms with Crippen molar-refractivity contribution in [3.8, 4) is 0 Å². The molecule has 8 heteroatoms. The van der Waals surface area contributed by atoms with Crippen molar-refractivity contribution < 1.29 is 33.4 Å². The van der Waals surface area contributed by atoms with E-state index in [-0.39, 0.29) is 18.6 Å². The van der Waals surface area contributed by atoms with Gasteiger partial charge in [-0.05, 0) is 17.7 Å². The number of carbonyl (C=O) groups is 3. The molecule has 1 amide bonds. The molecule has 2 rings (SSSR count). The van der Waals surface area contributed by atoms with Gasteiger partial charge in [-0.15, -0.1) is 0 Å². The van der Waals surface area contributed by atoms with Crippen molar-refractivity contribution in [3.05, 3.63) is 77.6 Å². The van der Waals surface area contributed by atoms with Crippen molar-refractivity contribution in [2.24, 2.45) is 0 Å². The minimum Gasteiger partial charge on any atom is -0.467 e. The van der Waals surface area contributed by atoms with Crippen molar-refractivity contribution >= 4 is 24.4 Å². The number of methoxy groups -OCH3 is 1. The molecule has 0 aromatic heterocycles. The molecule has 0 saturated heterocycles. The SMILES string of the molecule is COC(=O)[C@@](O)(/C=C/c1ccccc1F)[C@@H](NC=O)C(=O)OCc1ccccc1. The number of nitrogens with one attached hydrogen (secondary N) is 1. The fourth-order valence-electron chi connectivity index (χ4n) is 2.53. The lowest BCUT2D eigenvalue weighted by Crippen LogP contribution is -2.59. The van der Waals surface area contributed by atoms with Gasteiger partial charge in [0.1, 0.15) is 12.4 Å². The highest BCUT2D eigenvalue weighted by Gasteiger charge is 2.48. The predicted octanol–water partition coefficient (Wildman–Crippen LogP) is 1.60. The molecular weight excluding hydrogens is 381 g/mol. The Morgan fingerprint density at radius 3 is 2.45 bits per heavy atom. The van der Waals surface area contributed by atoms with E-state index in [0.29, 0.717) is 5.56 Å². The van der Waals surface area contributed by atoms with Crippen LogP contribution in [0.2, 0.25) is 0 Å². The molecule has 0 spiro atoms. The first-order valence-electron chi connectivity index (χ1n) is 8.57. The van der Waals surface area contributed by atoms with Crippen LogP contribution in [0.25, 0.3) is 6.08 Å². The number of carbonyl (C=O) groups excluding carboxylic acids is 3. The lowest BCUT2D eigenvalue weighted by atomic mass is 9.92. The predicted molar refractivity (Wildman–Crippen MR) is 102 cm³/mol. The highest BCUT2D eigenvalue weighted by atomic mass is 19.1. The maximum absolute atomic E-state index is 13.9. The van der Waals surface area contributed by atoms with E-state index in [9.17, 15) is 23.9 Å². The van der Waals surface area contributed by atoms with Gasteiger partial charge in [0.15, 0.2) is 6.04 Å². The summed E-state index contributed by atoms with van der Waals surface area (Å²) in [5, 5.41) is 13.0. The number of amides is 1. The second-order valence-corrected chi connectivity index (χ2v) is 5.98. The third-order valence-electron chi connectivity index (χ3n) is 4.07. The molecule has 152 valence electrons.